The molecule has 0 heterocycles. The van der Waals surface area contributed by atoms with E-state index in [0.717, 1.165) is 25.4 Å². The van der Waals surface area contributed by atoms with Crippen LogP contribution in [0, 0.1) is 5.41 Å². The van der Waals surface area contributed by atoms with E-state index in [1.165, 1.54) is 32.1 Å². The van der Waals surface area contributed by atoms with Gasteiger partial charge in [-0.05, 0) is 24.8 Å². The Morgan fingerprint density at radius 1 is 1.07 bits per heavy atom. The molecule has 0 aromatic carbocycles. The van der Waals surface area contributed by atoms with Crippen molar-refractivity contribution in [2.24, 2.45) is 5.41 Å². The molecule has 0 radical (unpaired) electrons. The fourth-order valence-corrected chi connectivity index (χ4v) is 2.14. The van der Waals surface area contributed by atoms with Gasteiger partial charge in [0.2, 0.25) is 0 Å². The van der Waals surface area contributed by atoms with Crippen molar-refractivity contribution in [3.63, 3.8) is 0 Å². The van der Waals surface area contributed by atoms with Crippen molar-refractivity contribution in [3.05, 3.63) is 0 Å². The lowest BCUT2D eigenvalue weighted by atomic mass is 9.90. The Morgan fingerprint density at radius 3 is 2.33 bits per heavy atom. The van der Waals surface area contributed by atoms with Gasteiger partial charge in [0.05, 0.1) is 0 Å². The zero-order valence-electron chi connectivity index (χ0n) is 10.7. The van der Waals surface area contributed by atoms with E-state index in [1.807, 2.05) is 0 Å². The predicted molar refractivity (Wildman–Crippen MR) is 70.7 cm³/mol. The maximum atomic E-state index is 5.76. The van der Waals surface area contributed by atoms with E-state index < -0.39 is 0 Å². The monoisotopic (exact) mass is 233 g/mol. The second-order valence-electron chi connectivity index (χ2n) is 5.19. The highest BCUT2D eigenvalue weighted by atomic mass is 35.5. The predicted octanol–water partition coefficient (Wildman–Crippen LogP) is 4.20. The van der Waals surface area contributed by atoms with Gasteiger partial charge in [-0.3, -0.25) is 0 Å². The molecule has 0 saturated heterocycles. The molecule has 0 atom stereocenters. The van der Waals surface area contributed by atoms with Crippen molar-refractivity contribution in [1.29, 1.82) is 0 Å². The molecule has 92 valence electrons. The highest BCUT2D eigenvalue weighted by Gasteiger charge is 2.15. The van der Waals surface area contributed by atoms with Crippen LogP contribution < -0.4 is 5.32 Å². The average Bonchev–Trinajstić information content (AvgIpc) is 2.16. The van der Waals surface area contributed by atoms with Crippen LogP contribution in [-0.4, -0.2) is 19.0 Å². The molecule has 0 aromatic heterocycles. The number of alkyl halides is 1. The number of nitrogens with one attached hydrogen (secondary N) is 1. The lowest BCUT2D eigenvalue weighted by Gasteiger charge is -2.23. The van der Waals surface area contributed by atoms with Crippen LogP contribution in [0.4, 0.5) is 0 Å². The van der Waals surface area contributed by atoms with Gasteiger partial charge in [-0.15, -0.1) is 11.6 Å². The van der Waals surface area contributed by atoms with E-state index in [4.69, 9.17) is 11.6 Å². The van der Waals surface area contributed by atoms with Gasteiger partial charge in [-0.2, -0.15) is 0 Å². The molecule has 1 nitrogen and oxygen atoms in total. The molecular formula is C13H28ClN. The second-order valence-corrected chi connectivity index (χ2v) is 5.57. The third-order valence-corrected chi connectivity index (χ3v) is 3.02. The molecule has 0 rings (SSSR count). The van der Waals surface area contributed by atoms with Gasteiger partial charge in [0.1, 0.15) is 0 Å². The van der Waals surface area contributed by atoms with Gasteiger partial charge in [-0.25, -0.2) is 0 Å². The maximum Gasteiger partial charge on any atom is 0.0229 e. The third kappa shape index (κ3) is 10.5. The fraction of sp³-hybridized carbons (Fsp3) is 1.00. The largest absolute Gasteiger partial charge is 0.316 e. The highest BCUT2D eigenvalue weighted by molar-refractivity contribution is 6.17. The Bertz CT molecular complexity index is 134. The highest BCUT2D eigenvalue weighted by Crippen LogP contribution is 2.19. The smallest absolute Gasteiger partial charge is 0.0229 e. The lowest BCUT2D eigenvalue weighted by Crippen LogP contribution is -2.30. The summed E-state index contributed by atoms with van der Waals surface area (Å²) in [6.45, 7) is 9.06. The zero-order valence-corrected chi connectivity index (χ0v) is 11.5. The number of hydrogen-bond acceptors (Lipinski definition) is 1. The van der Waals surface area contributed by atoms with Gasteiger partial charge >= 0.3 is 0 Å². The Kier molecular flexibility index (Phi) is 9.63. The molecule has 0 saturated carbocycles. The molecule has 0 aliphatic rings. The van der Waals surface area contributed by atoms with Crippen LogP contribution in [0.15, 0.2) is 0 Å². The first-order chi connectivity index (χ1) is 7.12. The maximum absolute atomic E-state index is 5.76. The van der Waals surface area contributed by atoms with Crippen LogP contribution in [0.25, 0.3) is 0 Å². The van der Waals surface area contributed by atoms with Gasteiger partial charge in [0, 0.05) is 12.4 Å². The summed E-state index contributed by atoms with van der Waals surface area (Å²) in [6, 6.07) is 0. The van der Waals surface area contributed by atoms with E-state index in [0.29, 0.717) is 5.41 Å². The van der Waals surface area contributed by atoms with Crippen molar-refractivity contribution in [3.8, 4) is 0 Å². The zero-order chi connectivity index (χ0) is 11.6. The minimum atomic E-state index is 0.352. The molecule has 2 heteroatoms. The first-order valence-electron chi connectivity index (χ1n) is 6.39. The molecule has 0 unspecified atom stereocenters. The number of halogens is 1. The van der Waals surface area contributed by atoms with E-state index in [-0.39, 0.29) is 0 Å². The second kappa shape index (κ2) is 9.47. The molecule has 0 amide bonds. The lowest BCUT2D eigenvalue weighted by molar-refractivity contribution is 0.329. The number of hydrogen-bond donors (Lipinski definition) is 1. The summed E-state index contributed by atoms with van der Waals surface area (Å²) in [6.07, 6.45) is 7.89. The summed E-state index contributed by atoms with van der Waals surface area (Å²) in [4.78, 5) is 0. The van der Waals surface area contributed by atoms with Crippen LogP contribution in [0.5, 0.6) is 0 Å². The fourth-order valence-electron chi connectivity index (χ4n) is 1.62. The van der Waals surface area contributed by atoms with E-state index in [1.54, 1.807) is 0 Å². The van der Waals surface area contributed by atoms with Gasteiger partial charge in [-0.1, -0.05) is 46.5 Å². The SMILES string of the molecule is CCCCCCCNCC(C)(C)CCCl. The van der Waals surface area contributed by atoms with Crippen LogP contribution in [0.3, 0.4) is 0 Å². The van der Waals surface area contributed by atoms with Crippen molar-refractivity contribution < 1.29 is 0 Å². The summed E-state index contributed by atoms with van der Waals surface area (Å²) in [5.41, 5.74) is 0.352. The molecular weight excluding hydrogens is 206 g/mol. The van der Waals surface area contributed by atoms with Crippen molar-refractivity contribution in [1.82, 2.24) is 5.32 Å². The summed E-state index contributed by atoms with van der Waals surface area (Å²) in [5.74, 6) is 0.769. The summed E-state index contributed by atoms with van der Waals surface area (Å²) in [5, 5.41) is 3.53. The molecule has 0 aromatic rings. The summed E-state index contributed by atoms with van der Waals surface area (Å²) < 4.78 is 0. The molecule has 0 bridgehead atoms. The topological polar surface area (TPSA) is 12.0 Å². The first kappa shape index (κ1) is 15.2. The molecule has 0 spiro atoms. The minimum Gasteiger partial charge on any atom is -0.316 e. The van der Waals surface area contributed by atoms with Gasteiger partial charge in [0.15, 0.2) is 0 Å². The van der Waals surface area contributed by atoms with E-state index in [2.05, 4.69) is 26.1 Å². The Balaban J connectivity index is 3.22. The quantitative estimate of drug-likeness (QED) is 0.441. The summed E-state index contributed by atoms with van der Waals surface area (Å²) >= 11 is 5.76. The Morgan fingerprint density at radius 2 is 1.73 bits per heavy atom. The molecule has 0 aliphatic heterocycles. The van der Waals surface area contributed by atoms with Crippen molar-refractivity contribution in [2.75, 3.05) is 19.0 Å². The minimum absolute atomic E-state index is 0.352. The molecule has 0 fully saturated rings. The average molecular weight is 234 g/mol. The van der Waals surface area contributed by atoms with E-state index in [9.17, 15) is 0 Å². The van der Waals surface area contributed by atoms with Crippen molar-refractivity contribution in [2.45, 2.75) is 59.3 Å². The molecule has 1 N–H and O–H groups in total. The standard InChI is InChI=1S/C13H28ClN/c1-4-5-6-7-8-11-15-12-13(2,3)9-10-14/h15H,4-12H2,1-3H3. The number of unbranched alkanes of at least 4 members (excludes halogenated alkanes) is 4. The van der Waals surface area contributed by atoms with Crippen LogP contribution in [-0.2, 0) is 0 Å². The number of rotatable bonds is 10. The summed E-state index contributed by atoms with van der Waals surface area (Å²) in [7, 11) is 0. The third-order valence-electron chi connectivity index (χ3n) is 2.83. The normalized spacial score (nSPS) is 12.0. The molecule has 15 heavy (non-hydrogen) atoms. The molecule has 0 aliphatic carbocycles. The van der Waals surface area contributed by atoms with Gasteiger partial charge in [0.25, 0.3) is 0 Å². The van der Waals surface area contributed by atoms with Crippen LogP contribution >= 0.6 is 11.6 Å². The Labute approximate surface area is 101 Å². The van der Waals surface area contributed by atoms with Crippen LogP contribution in [0.1, 0.15) is 59.3 Å². The van der Waals surface area contributed by atoms with Crippen LogP contribution in [0.2, 0.25) is 0 Å². The Hall–Kier alpha value is 0.250. The van der Waals surface area contributed by atoms with Gasteiger partial charge < -0.3 is 5.32 Å². The van der Waals surface area contributed by atoms with E-state index >= 15 is 0 Å². The van der Waals surface area contributed by atoms with Crippen molar-refractivity contribution >= 4 is 11.6 Å². The first-order valence-corrected chi connectivity index (χ1v) is 6.92.